The Hall–Kier alpha value is -2.37. The molecule has 1 N–H and O–H groups in total. The Morgan fingerprint density at radius 2 is 1.96 bits per heavy atom. The molecule has 1 aromatic carbocycles. The first-order valence-electron chi connectivity index (χ1n) is 10.3. The van der Waals surface area contributed by atoms with Crippen LogP contribution in [0.4, 0.5) is 4.79 Å². The lowest BCUT2D eigenvalue weighted by molar-refractivity contribution is 0.192. The number of aryl methyl sites for hydroxylation is 1. The lowest BCUT2D eigenvalue weighted by atomic mass is 10.0. The Kier molecular flexibility index (Phi) is 5.70. The molecule has 0 saturated carbocycles. The summed E-state index contributed by atoms with van der Waals surface area (Å²) in [5, 5.41) is 11.8. The van der Waals surface area contributed by atoms with E-state index in [2.05, 4.69) is 44.3 Å². The summed E-state index contributed by atoms with van der Waals surface area (Å²) in [7, 11) is 0. The van der Waals surface area contributed by atoms with E-state index >= 15 is 0 Å². The molecule has 3 heterocycles. The van der Waals surface area contributed by atoms with Gasteiger partial charge in [-0.2, -0.15) is 0 Å². The van der Waals surface area contributed by atoms with Crippen LogP contribution in [0.3, 0.4) is 0 Å². The van der Waals surface area contributed by atoms with Crippen molar-refractivity contribution in [1.82, 2.24) is 25.0 Å². The van der Waals surface area contributed by atoms with Crippen molar-refractivity contribution in [2.24, 2.45) is 0 Å². The topological polar surface area (TPSA) is 63.1 Å². The van der Waals surface area contributed by atoms with E-state index in [4.69, 9.17) is 0 Å². The van der Waals surface area contributed by atoms with Gasteiger partial charge in [-0.15, -0.1) is 10.2 Å². The van der Waals surface area contributed by atoms with Crippen LogP contribution in [0.5, 0.6) is 0 Å². The Morgan fingerprint density at radius 3 is 2.85 bits per heavy atom. The summed E-state index contributed by atoms with van der Waals surface area (Å²) in [6.45, 7) is 2.48. The molecule has 0 bridgehead atoms. The fraction of sp³-hybridized carbons (Fsp3) is 0.571. The van der Waals surface area contributed by atoms with Gasteiger partial charge in [-0.1, -0.05) is 36.8 Å². The number of hydrogen-bond donors (Lipinski definition) is 1. The van der Waals surface area contributed by atoms with E-state index in [1.807, 2.05) is 11.0 Å². The molecule has 1 unspecified atom stereocenters. The molecule has 1 atom stereocenters. The summed E-state index contributed by atoms with van der Waals surface area (Å²) in [6, 6.07) is 10.8. The number of carbonyl (C=O) groups is 1. The maximum absolute atomic E-state index is 12.7. The molecule has 1 fully saturated rings. The lowest BCUT2D eigenvalue weighted by Crippen LogP contribution is -2.44. The first-order chi connectivity index (χ1) is 13.3. The average molecular weight is 367 g/mol. The quantitative estimate of drug-likeness (QED) is 0.884. The highest BCUT2D eigenvalue weighted by Gasteiger charge is 2.28. The number of benzene rings is 1. The average Bonchev–Trinajstić information content (AvgIpc) is 3.23. The second-order valence-electron chi connectivity index (χ2n) is 7.66. The van der Waals surface area contributed by atoms with Crippen LogP contribution in [-0.4, -0.2) is 44.8 Å². The monoisotopic (exact) mass is 367 g/mol. The largest absolute Gasteiger partial charge is 0.338 e. The Morgan fingerprint density at radius 1 is 1.07 bits per heavy atom. The maximum atomic E-state index is 12.7. The van der Waals surface area contributed by atoms with Crippen LogP contribution in [0.1, 0.15) is 49.3 Å². The normalized spacial score (nSPS) is 19.6. The van der Waals surface area contributed by atoms with Gasteiger partial charge in [-0.3, -0.25) is 0 Å². The van der Waals surface area contributed by atoms with Gasteiger partial charge in [0.15, 0.2) is 0 Å². The molecule has 2 aliphatic heterocycles. The number of likely N-dealkylation sites (tertiary alicyclic amines) is 1. The Labute approximate surface area is 161 Å². The predicted octanol–water partition coefficient (Wildman–Crippen LogP) is 2.96. The van der Waals surface area contributed by atoms with E-state index in [-0.39, 0.29) is 6.03 Å². The van der Waals surface area contributed by atoms with Gasteiger partial charge in [0.2, 0.25) is 0 Å². The van der Waals surface area contributed by atoms with Crippen molar-refractivity contribution in [2.75, 3.05) is 13.1 Å². The minimum absolute atomic E-state index is 0.0593. The molecular formula is C21H29N5O. The number of urea groups is 1. The van der Waals surface area contributed by atoms with Gasteiger partial charge in [0.25, 0.3) is 0 Å². The summed E-state index contributed by atoms with van der Waals surface area (Å²) in [5.41, 5.74) is 1.30. The van der Waals surface area contributed by atoms with E-state index in [9.17, 15) is 4.79 Å². The third-order valence-electron chi connectivity index (χ3n) is 5.76. The number of amides is 2. The zero-order valence-electron chi connectivity index (χ0n) is 15.9. The number of fused-ring (bicyclic) bond motifs is 1. The van der Waals surface area contributed by atoms with E-state index in [1.165, 1.54) is 24.8 Å². The zero-order chi connectivity index (χ0) is 18.5. The molecule has 0 radical (unpaired) electrons. The molecule has 6 nitrogen and oxygen atoms in total. The van der Waals surface area contributed by atoms with Crippen LogP contribution in [-0.2, 0) is 25.8 Å². The van der Waals surface area contributed by atoms with Gasteiger partial charge in [0.05, 0.1) is 0 Å². The van der Waals surface area contributed by atoms with E-state index < -0.39 is 0 Å². The van der Waals surface area contributed by atoms with E-state index in [0.717, 1.165) is 56.8 Å². The van der Waals surface area contributed by atoms with Gasteiger partial charge < -0.3 is 14.8 Å². The van der Waals surface area contributed by atoms with Crippen molar-refractivity contribution in [2.45, 2.75) is 64.0 Å². The molecular weight excluding hydrogens is 338 g/mol. The number of aromatic nitrogens is 3. The van der Waals surface area contributed by atoms with Gasteiger partial charge >= 0.3 is 6.03 Å². The van der Waals surface area contributed by atoms with Crippen molar-refractivity contribution >= 4 is 6.03 Å². The van der Waals surface area contributed by atoms with Crippen LogP contribution >= 0.6 is 0 Å². The molecule has 6 heteroatoms. The molecule has 144 valence electrons. The standard InChI is InChI=1S/C21H29N5O/c27-21(25-15-7-10-18(25)16-17-8-3-1-4-9-17)22-13-12-20-24-23-19-11-5-2-6-14-26(19)20/h1,3-4,8-9,18H,2,5-7,10-16H2,(H,22,27). The van der Waals surface area contributed by atoms with Crippen molar-refractivity contribution in [1.29, 1.82) is 0 Å². The first-order valence-corrected chi connectivity index (χ1v) is 10.3. The van der Waals surface area contributed by atoms with Crippen LogP contribution in [0.15, 0.2) is 30.3 Å². The third-order valence-corrected chi connectivity index (χ3v) is 5.76. The molecule has 2 aromatic rings. The Balaban J connectivity index is 1.29. The van der Waals surface area contributed by atoms with Gasteiger partial charge in [-0.05, 0) is 37.7 Å². The summed E-state index contributed by atoms with van der Waals surface area (Å²) < 4.78 is 2.26. The molecule has 0 spiro atoms. The number of nitrogens with one attached hydrogen (secondary N) is 1. The van der Waals surface area contributed by atoms with Gasteiger partial charge in [0, 0.05) is 38.5 Å². The summed E-state index contributed by atoms with van der Waals surface area (Å²) >= 11 is 0. The fourth-order valence-electron chi connectivity index (χ4n) is 4.31. The van der Waals surface area contributed by atoms with Crippen molar-refractivity contribution in [3.8, 4) is 0 Å². The number of carbonyl (C=O) groups excluding carboxylic acids is 1. The molecule has 1 saturated heterocycles. The van der Waals surface area contributed by atoms with Crippen LogP contribution in [0.2, 0.25) is 0 Å². The highest BCUT2D eigenvalue weighted by Crippen LogP contribution is 2.21. The second kappa shape index (κ2) is 8.55. The minimum Gasteiger partial charge on any atom is -0.338 e. The molecule has 4 rings (SSSR count). The smallest absolute Gasteiger partial charge is 0.317 e. The molecule has 0 aliphatic carbocycles. The highest BCUT2D eigenvalue weighted by molar-refractivity contribution is 5.74. The van der Waals surface area contributed by atoms with Crippen molar-refractivity contribution in [3.05, 3.63) is 47.5 Å². The summed E-state index contributed by atoms with van der Waals surface area (Å²) in [6.07, 6.45) is 8.53. The molecule has 1 aromatic heterocycles. The second-order valence-corrected chi connectivity index (χ2v) is 7.66. The minimum atomic E-state index is 0.0593. The first kappa shape index (κ1) is 18.0. The zero-order valence-corrected chi connectivity index (χ0v) is 15.9. The van der Waals surface area contributed by atoms with Gasteiger partial charge in [-0.25, -0.2) is 4.79 Å². The summed E-state index contributed by atoms with van der Waals surface area (Å²) in [5.74, 6) is 2.12. The van der Waals surface area contributed by atoms with Gasteiger partial charge in [0.1, 0.15) is 11.6 Å². The lowest BCUT2D eigenvalue weighted by Gasteiger charge is -2.25. The number of nitrogens with zero attached hydrogens (tertiary/aromatic N) is 4. The molecule has 2 aliphatic rings. The summed E-state index contributed by atoms with van der Waals surface area (Å²) in [4.78, 5) is 14.7. The number of hydrogen-bond acceptors (Lipinski definition) is 3. The SMILES string of the molecule is O=C(NCCc1nnc2n1CCCCC2)N1CCCC1Cc1ccccc1. The van der Waals surface area contributed by atoms with Crippen molar-refractivity contribution < 1.29 is 4.79 Å². The molecule has 27 heavy (non-hydrogen) atoms. The predicted molar refractivity (Wildman–Crippen MR) is 105 cm³/mol. The maximum Gasteiger partial charge on any atom is 0.317 e. The molecule has 2 amide bonds. The Bertz CT molecular complexity index is 757. The van der Waals surface area contributed by atoms with E-state index in [1.54, 1.807) is 0 Å². The number of rotatable bonds is 5. The highest BCUT2D eigenvalue weighted by atomic mass is 16.2. The van der Waals surface area contributed by atoms with E-state index in [0.29, 0.717) is 12.6 Å². The third kappa shape index (κ3) is 4.31. The fourth-order valence-corrected chi connectivity index (χ4v) is 4.31. The van der Waals surface area contributed by atoms with Crippen LogP contribution in [0, 0.1) is 0 Å². The van der Waals surface area contributed by atoms with Crippen molar-refractivity contribution in [3.63, 3.8) is 0 Å². The van der Waals surface area contributed by atoms with Crippen LogP contribution < -0.4 is 5.32 Å². The van der Waals surface area contributed by atoms with Crippen LogP contribution in [0.25, 0.3) is 0 Å².